The topological polar surface area (TPSA) is 84.3 Å². The van der Waals surface area contributed by atoms with Crippen LogP contribution in [0.15, 0.2) is 4.90 Å². The molecule has 0 unspecified atom stereocenters. The molecule has 0 saturated carbocycles. The number of hydrogen-bond donors (Lipinski definition) is 1. The first-order chi connectivity index (χ1) is 9.98. The molecule has 126 valence electrons. The monoisotopic (exact) mass is 330 g/mol. The Morgan fingerprint density at radius 2 is 1.82 bits per heavy atom. The molecule has 1 amide bonds. The molecule has 1 atom stereocenters. The molecule has 0 radical (unpaired) electrons. The van der Waals surface area contributed by atoms with Gasteiger partial charge in [-0.15, -0.1) is 0 Å². The Bertz CT molecular complexity index is 647. The van der Waals surface area contributed by atoms with Gasteiger partial charge in [0.1, 0.15) is 11.4 Å². The predicted molar refractivity (Wildman–Crippen MR) is 85.0 cm³/mol. The molecular formula is C14H26N4O3S. The Morgan fingerprint density at radius 1 is 1.27 bits per heavy atom. The van der Waals surface area contributed by atoms with E-state index in [0.29, 0.717) is 17.3 Å². The summed E-state index contributed by atoms with van der Waals surface area (Å²) in [5.74, 6) is 0.148. The summed E-state index contributed by atoms with van der Waals surface area (Å²) in [6.07, 6.45) is 0. The van der Waals surface area contributed by atoms with Crippen molar-refractivity contribution in [3.63, 3.8) is 0 Å². The molecule has 7 nitrogen and oxygen atoms in total. The minimum Gasteiger partial charge on any atom is -0.352 e. The van der Waals surface area contributed by atoms with Crippen molar-refractivity contribution in [2.75, 3.05) is 14.1 Å². The lowest BCUT2D eigenvalue weighted by Gasteiger charge is -2.17. The van der Waals surface area contributed by atoms with Gasteiger partial charge in [-0.05, 0) is 26.7 Å². The van der Waals surface area contributed by atoms with Gasteiger partial charge in [0.2, 0.25) is 15.9 Å². The quantitative estimate of drug-likeness (QED) is 0.840. The standard InChI is InChI=1S/C14H26N4O3S/c1-9(2)10(3)15-13(19)8-18-12(5)14(11(4)16-18)22(20,21)17(6)7/h9-10H,8H2,1-7H3,(H,15,19)/t10-/m0/s1. The third-order valence-electron chi connectivity index (χ3n) is 3.74. The molecule has 1 heterocycles. The summed E-state index contributed by atoms with van der Waals surface area (Å²) in [6.45, 7) is 9.29. The third kappa shape index (κ3) is 3.86. The molecular weight excluding hydrogens is 304 g/mol. The first kappa shape index (κ1) is 18.6. The maximum absolute atomic E-state index is 12.3. The van der Waals surface area contributed by atoms with Crippen molar-refractivity contribution in [1.29, 1.82) is 0 Å². The third-order valence-corrected chi connectivity index (χ3v) is 5.80. The van der Waals surface area contributed by atoms with Crippen LogP contribution in [0.25, 0.3) is 0 Å². The van der Waals surface area contributed by atoms with Gasteiger partial charge in [0.15, 0.2) is 0 Å². The first-order valence-corrected chi connectivity index (χ1v) is 8.68. The van der Waals surface area contributed by atoms with E-state index in [2.05, 4.69) is 10.4 Å². The minimum atomic E-state index is -3.57. The smallest absolute Gasteiger partial charge is 0.246 e. The molecule has 1 rings (SSSR count). The van der Waals surface area contributed by atoms with Crippen LogP contribution in [-0.2, 0) is 21.4 Å². The van der Waals surface area contributed by atoms with Gasteiger partial charge in [-0.1, -0.05) is 13.8 Å². The molecule has 0 aliphatic heterocycles. The summed E-state index contributed by atoms with van der Waals surface area (Å²) in [5, 5.41) is 7.09. The van der Waals surface area contributed by atoms with E-state index in [4.69, 9.17) is 0 Å². The van der Waals surface area contributed by atoms with Crippen molar-refractivity contribution in [3.8, 4) is 0 Å². The van der Waals surface area contributed by atoms with E-state index in [9.17, 15) is 13.2 Å². The highest BCUT2D eigenvalue weighted by molar-refractivity contribution is 7.89. The zero-order chi connectivity index (χ0) is 17.2. The number of nitrogens with zero attached hydrogens (tertiary/aromatic N) is 3. The van der Waals surface area contributed by atoms with E-state index in [1.807, 2.05) is 20.8 Å². The van der Waals surface area contributed by atoms with Crippen LogP contribution in [0.4, 0.5) is 0 Å². The number of sulfonamides is 1. The summed E-state index contributed by atoms with van der Waals surface area (Å²) in [4.78, 5) is 12.2. The maximum atomic E-state index is 12.3. The molecule has 0 aromatic carbocycles. The number of amides is 1. The lowest BCUT2D eigenvalue weighted by molar-refractivity contribution is -0.122. The van der Waals surface area contributed by atoms with E-state index < -0.39 is 10.0 Å². The Hall–Kier alpha value is -1.41. The molecule has 0 aliphatic rings. The average molecular weight is 330 g/mol. The van der Waals surface area contributed by atoms with Crippen LogP contribution in [0.2, 0.25) is 0 Å². The summed E-state index contributed by atoms with van der Waals surface area (Å²) in [7, 11) is -0.622. The zero-order valence-corrected chi connectivity index (χ0v) is 15.2. The first-order valence-electron chi connectivity index (χ1n) is 7.24. The van der Waals surface area contributed by atoms with Gasteiger partial charge in [-0.3, -0.25) is 9.48 Å². The normalized spacial score (nSPS) is 13.7. The fraction of sp³-hybridized carbons (Fsp3) is 0.714. The molecule has 0 saturated heterocycles. The fourth-order valence-electron chi connectivity index (χ4n) is 1.99. The van der Waals surface area contributed by atoms with Gasteiger partial charge < -0.3 is 5.32 Å². The number of aryl methyl sites for hydroxylation is 1. The second-order valence-electron chi connectivity index (χ2n) is 6.05. The maximum Gasteiger partial charge on any atom is 0.246 e. The Morgan fingerprint density at radius 3 is 2.27 bits per heavy atom. The highest BCUT2D eigenvalue weighted by Gasteiger charge is 2.27. The van der Waals surface area contributed by atoms with Crippen molar-refractivity contribution in [2.24, 2.45) is 5.92 Å². The van der Waals surface area contributed by atoms with Crippen molar-refractivity contribution in [3.05, 3.63) is 11.4 Å². The number of carbonyl (C=O) groups is 1. The molecule has 0 fully saturated rings. The molecule has 1 N–H and O–H groups in total. The number of rotatable bonds is 6. The molecule has 0 spiro atoms. The molecule has 0 aliphatic carbocycles. The van der Waals surface area contributed by atoms with Crippen LogP contribution in [0, 0.1) is 19.8 Å². The summed E-state index contributed by atoms with van der Waals surface area (Å²) < 4.78 is 27.2. The SMILES string of the molecule is Cc1nn(CC(=O)N[C@@H](C)C(C)C)c(C)c1S(=O)(=O)N(C)C. The number of aromatic nitrogens is 2. The van der Waals surface area contributed by atoms with Crippen LogP contribution in [0.5, 0.6) is 0 Å². The van der Waals surface area contributed by atoms with Crippen LogP contribution in [0.1, 0.15) is 32.2 Å². The second kappa shape index (κ2) is 6.78. The van der Waals surface area contributed by atoms with Gasteiger partial charge in [0.25, 0.3) is 0 Å². The molecule has 0 bridgehead atoms. The van der Waals surface area contributed by atoms with Gasteiger partial charge >= 0.3 is 0 Å². The van der Waals surface area contributed by atoms with Gasteiger partial charge in [0, 0.05) is 20.1 Å². The van der Waals surface area contributed by atoms with Gasteiger partial charge in [0.05, 0.1) is 11.4 Å². The summed E-state index contributed by atoms with van der Waals surface area (Å²) in [6, 6.07) is 0.0504. The molecule has 1 aromatic heterocycles. The molecule has 22 heavy (non-hydrogen) atoms. The lowest BCUT2D eigenvalue weighted by atomic mass is 10.1. The van der Waals surface area contributed by atoms with Crippen LogP contribution in [0.3, 0.4) is 0 Å². The lowest BCUT2D eigenvalue weighted by Crippen LogP contribution is -2.38. The van der Waals surface area contributed by atoms with Crippen molar-refractivity contribution < 1.29 is 13.2 Å². The summed E-state index contributed by atoms with van der Waals surface area (Å²) >= 11 is 0. The minimum absolute atomic E-state index is 0.00663. The van der Waals surface area contributed by atoms with Crippen molar-refractivity contribution in [1.82, 2.24) is 19.4 Å². The Kier molecular flexibility index (Phi) is 5.75. The largest absolute Gasteiger partial charge is 0.352 e. The van der Waals surface area contributed by atoms with Gasteiger partial charge in [-0.2, -0.15) is 5.10 Å². The molecule has 1 aromatic rings. The molecule has 8 heteroatoms. The van der Waals surface area contributed by atoms with E-state index in [-0.39, 0.29) is 23.4 Å². The van der Waals surface area contributed by atoms with Crippen LogP contribution < -0.4 is 5.32 Å². The highest BCUT2D eigenvalue weighted by atomic mass is 32.2. The van der Waals surface area contributed by atoms with Crippen molar-refractivity contribution in [2.45, 2.75) is 52.1 Å². The van der Waals surface area contributed by atoms with E-state index in [1.165, 1.54) is 18.8 Å². The summed E-state index contributed by atoms with van der Waals surface area (Å²) in [5.41, 5.74) is 0.870. The Labute approximate surface area is 132 Å². The second-order valence-corrected chi connectivity index (χ2v) is 8.13. The van der Waals surface area contributed by atoms with E-state index in [1.54, 1.807) is 13.8 Å². The van der Waals surface area contributed by atoms with Gasteiger partial charge in [-0.25, -0.2) is 12.7 Å². The number of nitrogens with one attached hydrogen (secondary N) is 1. The highest BCUT2D eigenvalue weighted by Crippen LogP contribution is 2.21. The van der Waals surface area contributed by atoms with E-state index >= 15 is 0 Å². The average Bonchev–Trinajstić information content (AvgIpc) is 2.63. The fourth-order valence-corrected chi connectivity index (χ4v) is 3.25. The van der Waals surface area contributed by atoms with Crippen LogP contribution in [-0.4, -0.2) is 48.5 Å². The number of carbonyl (C=O) groups excluding carboxylic acids is 1. The van der Waals surface area contributed by atoms with E-state index in [0.717, 1.165) is 4.31 Å². The zero-order valence-electron chi connectivity index (χ0n) is 14.3. The Balaban J connectivity index is 3.03. The van der Waals surface area contributed by atoms with Crippen LogP contribution >= 0.6 is 0 Å². The van der Waals surface area contributed by atoms with Crippen molar-refractivity contribution >= 4 is 15.9 Å². The predicted octanol–water partition coefficient (Wildman–Crippen LogP) is 0.911. The number of hydrogen-bond acceptors (Lipinski definition) is 4.